The van der Waals surface area contributed by atoms with Crippen LogP contribution in [0.2, 0.25) is 0 Å². The second-order valence-electron chi connectivity index (χ2n) is 6.05. The number of nitrogens with zero attached hydrogens (tertiary/aromatic N) is 1. The quantitative estimate of drug-likeness (QED) is 0.550. The molecule has 1 aliphatic heterocycles. The molecule has 0 saturated carbocycles. The summed E-state index contributed by atoms with van der Waals surface area (Å²) < 4.78 is 23.0. The molecule has 0 spiro atoms. The third kappa shape index (κ3) is 4.45. The van der Waals surface area contributed by atoms with Gasteiger partial charge >= 0.3 is 0 Å². The number of hydrogen-bond acceptors (Lipinski definition) is 4. The van der Waals surface area contributed by atoms with E-state index in [1.165, 1.54) is 0 Å². The smallest absolute Gasteiger partial charge is 0.193 e. The van der Waals surface area contributed by atoms with Crippen molar-refractivity contribution in [2.24, 2.45) is 10.7 Å². The summed E-state index contributed by atoms with van der Waals surface area (Å²) in [5.41, 5.74) is 7.87. The van der Waals surface area contributed by atoms with Gasteiger partial charge in [0.25, 0.3) is 0 Å². The zero-order valence-corrected chi connectivity index (χ0v) is 14.5. The second kappa shape index (κ2) is 6.88. The summed E-state index contributed by atoms with van der Waals surface area (Å²) in [4.78, 5) is 4.16. The molecule has 0 radical (unpaired) electrons. The summed E-state index contributed by atoms with van der Waals surface area (Å²) in [6.07, 6.45) is 1.94. The fourth-order valence-electron chi connectivity index (χ4n) is 2.83. The van der Waals surface area contributed by atoms with Gasteiger partial charge in [-0.05, 0) is 30.4 Å². The highest BCUT2D eigenvalue weighted by atomic mass is 32.2. The fraction of sp³-hybridized carbons (Fsp3) is 0.562. The van der Waals surface area contributed by atoms with Crippen LogP contribution in [0.1, 0.15) is 31.4 Å². The first-order chi connectivity index (χ1) is 10.8. The zero-order chi connectivity index (χ0) is 17.1. The summed E-state index contributed by atoms with van der Waals surface area (Å²) in [7, 11) is -3.16. The highest BCUT2D eigenvalue weighted by Gasteiger charge is 2.40. The topological polar surface area (TPSA) is 105 Å². The first-order valence-corrected chi connectivity index (χ1v) is 9.71. The maximum atomic E-state index is 11.5. The number of hydrogen-bond donors (Lipinski definition) is 3. The van der Waals surface area contributed by atoms with Gasteiger partial charge in [0, 0.05) is 5.69 Å². The molecule has 1 aromatic carbocycles. The molecule has 23 heavy (non-hydrogen) atoms. The van der Waals surface area contributed by atoms with Crippen molar-refractivity contribution in [3.63, 3.8) is 0 Å². The Kier molecular flexibility index (Phi) is 5.31. The summed E-state index contributed by atoms with van der Waals surface area (Å²) in [5, 5.41) is 13.4. The number of rotatable bonds is 5. The predicted molar refractivity (Wildman–Crippen MR) is 93.5 cm³/mol. The van der Waals surface area contributed by atoms with Gasteiger partial charge in [0.05, 0.1) is 23.7 Å². The van der Waals surface area contributed by atoms with Gasteiger partial charge in [-0.25, -0.2) is 8.42 Å². The number of aliphatic imine (C=N–C) groups is 1. The molecular weight excluding hydrogens is 314 g/mol. The van der Waals surface area contributed by atoms with Gasteiger partial charge in [-0.3, -0.25) is 4.99 Å². The number of nitrogens with two attached hydrogens (primary N) is 1. The van der Waals surface area contributed by atoms with Crippen LogP contribution in [-0.2, 0) is 22.7 Å². The van der Waals surface area contributed by atoms with E-state index in [0.717, 1.165) is 29.7 Å². The van der Waals surface area contributed by atoms with Gasteiger partial charge in [-0.15, -0.1) is 0 Å². The number of benzene rings is 1. The number of nitrogens with one attached hydrogen (secondary N) is 1. The molecule has 1 fully saturated rings. The van der Waals surface area contributed by atoms with Crippen molar-refractivity contribution < 1.29 is 13.5 Å². The van der Waals surface area contributed by atoms with E-state index in [-0.39, 0.29) is 30.4 Å². The molecule has 0 aliphatic carbocycles. The first-order valence-electron chi connectivity index (χ1n) is 7.89. The lowest BCUT2D eigenvalue weighted by molar-refractivity contribution is 0.0775. The van der Waals surface area contributed by atoms with Gasteiger partial charge in [-0.2, -0.15) is 0 Å². The maximum Gasteiger partial charge on any atom is 0.193 e. The van der Waals surface area contributed by atoms with E-state index >= 15 is 0 Å². The Morgan fingerprint density at radius 1 is 1.35 bits per heavy atom. The number of para-hydroxylation sites is 1. The molecule has 1 atom stereocenters. The van der Waals surface area contributed by atoms with Crippen molar-refractivity contribution >= 4 is 21.5 Å². The van der Waals surface area contributed by atoms with Crippen LogP contribution in [0, 0.1) is 0 Å². The van der Waals surface area contributed by atoms with Gasteiger partial charge in [0.15, 0.2) is 15.8 Å². The first kappa shape index (κ1) is 17.7. The SMILES string of the molecule is CCc1cccc(CC)c1NC(N)=NCC1(O)CCS(=O)(=O)C1. The van der Waals surface area contributed by atoms with Crippen LogP contribution in [0.3, 0.4) is 0 Å². The van der Waals surface area contributed by atoms with Gasteiger partial charge < -0.3 is 16.2 Å². The average molecular weight is 339 g/mol. The normalized spacial score (nSPS) is 23.9. The van der Waals surface area contributed by atoms with Crippen LogP contribution < -0.4 is 11.1 Å². The Bertz CT molecular complexity index is 678. The molecule has 0 bridgehead atoms. The highest BCUT2D eigenvalue weighted by molar-refractivity contribution is 7.91. The third-order valence-electron chi connectivity index (χ3n) is 4.16. The second-order valence-corrected chi connectivity index (χ2v) is 8.24. The number of aryl methyl sites for hydroxylation is 2. The molecule has 4 N–H and O–H groups in total. The minimum atomic E-state index is -3.16. The van der Waals surface area contributed by atoms with Gasteiger partial charge in [0.1, 0.15) is 0 Å². The van der Waals surface area contributed by atoms with Crippen LogP contribution in [0.15, 0.2) is 23.2 Å². The van der Waals surface area contributed by atoms with E-state index in [1.54, 1.807) is 0 Å². The van der Waals surface area contributed by atoms with Crippen molar-refractivity contribution in [3.05, 3.63) is 29.3 Å². The number of guanidine groups is 1. The van der Waals surface area contributed by atoms with Gasteiger partial charge in [0.2, 0.25) is 0 Å². The van der Waals surface area contributed by atoms with Crippen LogP contribution in [0.5, 0.6) is 0 Å². The molecule has 1 aromatic rings. The molecule has 7 heteroatoms. The number of anilines is 1. The van der Waals surface area contributed by atoms with Crippen molar-refractivity contribution in [1.29, 1.82) is 0 Å². The predicted octanol–water partition coefficient (Wildman–Crippen LogP) is 1.09. The molecule has 0 amide bonds. The Morgan fingerprint density at radius 2 is 1.96 bits per heavy atom. The molecule has 1 aliphatic rings. The number of aliphatic hydroxyl groups is 1. The Hall–Kier alpha value is -1.60. The maximum absolute atomic E-state index is 11.5. The van der Waals surface area contributed by atoms with Crippen LogP contribution in [-0.4, -0.2) is 43.1 Å². The minimum Gasteiger partial charge on any atom is -0.387 e. The van der Waals surface area contributed by atoms with E-state index in [1.807, 2.05) is 18.2 Å². The molecule has 0 aromatic heterocycles. The Balaban J connectivity index is 2.12. The third-order valence-corrected chi connectivity index (χ3v) is 5.97. The Labute approximate surface area is 137 Å². The lowest BCUT2D eigenvalue weighted by Crippen LogP contribution is -2.35. The van der Waals surface area contributed by atoms with Crippen LogP contribution in [0.4, 0.5) is 5.69 Å². The van der Waals surface area contributed by atoms with E-state index in [2.05, 4.69) is 24.2 Å². The largest absolute Gasteiger partial charge is 0.387 e. The fourth-order valence-corrected chi connectivity index (χ4v) is 4.72. The van der Waals surface area contributed by atoms with E-state index in [9.17, 15) is 13.5 Å². The standard InChI is InChI=1S/C16H25N3O3S/c1-3-12-6-5-7-13(4-2)14(12)19-15(17)18-10-16(20)8-9-23(21,22)11-16/h5-7,20H,3-4,8-11H2,1-2H3,(H3,17,18,19). The van der Waals surface area contributed by atoms with Crippen molar-refractivity contribution in [2.45, 2.75) is 38.7 Å². The lowest BCUT2D eigenvalue weighted by atomic mass is 10.0. The van der Waals surface area contributed by atoms with E-state index < -0.39 is 15.4 Å². The van der Waals surface area contributed by atoms with E-state index in [0.29, 0.717) is 0 Å². The van der Waals surface area contributed by atoms with E-state index in [4.69, 9.17) is 5.73 Å². The molecular formula is C16H25N3O3S. The monoisotopic (exact) mass is 339 g/mol. The summed E-state index contributed by atoms with van der Waals surface area (Å²) in [6.45, 7) is 4.12. The molecule has 2 rings (SSSR count). The number of sulfone groups is 1. The van der Waals surface area contributed by atoms with Crippen LogP contribution in [0.25, 0.3) is 0 Å². The summed E-state index contributed by atoms with van der Waals surface area (Å²) in [6, 6.07) is 6.08. The molecule has 1 heterocycles. The lowest BCUT2D eigenvalue weighted by Gasteiger charge is -2.19. The minimum absolute atomic E-state index is 0.00496. The van der Waals surface area contributed by atoms with Gasteiger partial charge in [-0.1, -0.05) is 32.0 Å². The molecule has 6 nitrogen and oxygen atoms in total. The molecule has 1 saturated heterocycles. The van der Waals surface area contributed by atoms with Crippen LogP contribution >= 0.6 is 0 Å². The average Bonchev–Trinajstić information content (AvgIpc) is 2.79. The summed E-state index contributed by atoms with van der Waals surface area (Å²) >= 11 is 0. The van der Waals surface area contributed by atoms with Crippen molar-refractivity contribution in [3.8, 4) is 0 Å². The van der Waals surface area contributed by atoms with Crippen molar-refractivity contribution in [2.75, 3.05) is 23.4 Å². The van der Waals surface area contributed by atoms with Crippen molar-refractivity contribution in [1.82, 2.24) is 0 Å². The molecule has 1 unspecified atom stereocenters. The summed E-state index contributed by atoms with van der Waals surface area (Å²) in [5.74, 6) is -0.0496. The Morgan fingerprint density at radius 3 is 2.43 bits per heavy atom. The molecule has 128 valence electrons. The highest BCUT2D eigenvalue weighted by Crippen LogP contribution is 2.24. The zero-order valence-electron chi connectivity index (χ0n) is 13.7.